The summed E-state index contributed by atoms with van der Waals surface area (Å²) in [5.41, 5.74) is 2.18. The maximum Gasteiger partial charge on any atom is 0.105 e. The molecule has 0 radical (unpaired) electrons. The van der Waals surface area contributed by atoms with Crippen LogP contribution in [0.25, 0.3) is 0 Å². The van der Waals surface area contributed by atoms with Crippen molar-refractivity contribution in [1.29, 1.82) is 5.26 Å². The minimum atomic E-state index is -0.135. The number of halogens is 2. The molecular weight excluding hydrogens is 249 g/mol. The minimum Gasteiger partial charge on any atom is -0.197 e. The Hall–Kier alpha value is -0.520. The Morgan fingerprint density at radius 1 is 1.62 bits per heavy atom. The quantitative estimate of drug-likeness (QED) is 0.745. The van der Waals surface area contributed by atoms with Crippen LogP contribution in [-0.4, -0.2) is 4.83 Å². The van der Waals surface area contributed by atoms with Gasteiger partial charge in [-0.2, -0.15) is 5.26 Å². The fourth-order valence-corrected chi connectivity index (χ4v) is 1.65. The van der Waals surface area contributed by atoms with E-state index in [0.717, 1.165) is 16.1 Å². The van der Waals surface area contributed by atoms with Crippen LogP contribution in [0.3, 0.4) is 0 Å². The van der Waals surface area contributed by atoms with Crippen molar-refractivity contribution in [3.63, 3.8) is 0 Å². The molecule has 1 rings (SSSR count). The van der Waals surface area contributed by atoms with Gasteiger partial charge in [0.1, 0.15) is 4.83 Å². The summed E-state index contributed by atoms with van der Waals surface area (Å²) in [7, 11) is 0. The molecule has 13 heavy (non-hydrogen) atoms. The summed E-state index contributed by atoms with van der Waals surface area (Å²) >= 11 is 9.21. The van der Waals surface area contributed by atoms with Crippen molar-refractivity contribution in [1.82, 2.24) is 0 Å². The molecule has 0 fully saturated rings. The summed E-state index contributed by atoms with van der Waals surface area (Å²) in [5, 5.41) is 9.39. The maximum atomic E-state index is 8.63. The minimum absolute atomic E-state index is 0.135. The van der Waals surface area contributed by atoms with Crippen LogP contribution in [0.5, 0.6) is 0 Å². The molecule has 0 aliphatic heterocycles. The third kappa shape index (κ3) is 2.72. The highest BCUT2D eigenvalue weighted by atomic mass is 79.9. The van der Waals surface area contributed by atoms with Crippen LogP contribution in [-0.2, 0) is 6.42 Å². The monoisotopic (exact) mass is 257 g/mol. The summed E-state index contributed by atoms with van der Waals surface area (Å²) in [6.45, 7) is 1.97. The van der Waals surface area contributed by atoms with Gasteiger partial charge in [0.15, 0.2) is 0 Å². The number of hydrogen-bond donors (Lipinski definition) is 0. The fourth-order valence-electron chi connectivity index (χ4n) is 1.11. The molecule has 0 aliphatic rings. The third-order valence-corrected chi connectivity index (χ3v) is 2.86. The Labute approximate surface area is 91.5 Å². The van der Waals surface area contributed by atoms with E-state index >= 15 is 0 Å². The molecule has 0 amide bonds. The van der Waals surface area contributed by atoms with Gasteiger partial charge < -0.3 is 0 Å². The molecule has 0 saturated heterocycles. The molecule has 0 saturated carbocycles. The lowest BCUT2D eigenvalue weighted by Crippen LogP contribution is -2.00. The second-order valence-corrected chi connectivity index (χ2v) is 4.34. The molecule has 0 N–H and O–H groups in total. The zero-order valence-electron chi connectivity index (χ0n) is 7.22. The zero-order chi connectivity index (χ0) is 9.84. The van der Waals surface area contributed by atoms with Crippen LogP contribution in [0.4, 0.5) is 0 Å². The van der Waals surface area contributed by atoms with E-state index in [1.165, 1.54) is 0 Å². The van der Waals surface area contributed by atoms with Gasteiger partial charge in [0.25, 0.3) is 0 Å². The van der Waals surface area contributed by atoms with Crippen molar-refractivity contribution in [2.24, 2.45) is 0 Å². The van der Waals surface area contributed by atoms with Gasteiger partial charge in [-0.25, -0.2) is 0 Å². The number of nitrogens with zero attached hydrogens (tertiary/aromatic N) is 1. The van der Waals surface area contributed by atoms with Crippen LogP contribution in [0.15, 0.2) is 18.2 Å². The Morgan fingerprint density at radius 2 is 2.31 bits per heavy atom. The van der Waals surface area contributed by atoms with E-state index in [9.17, 15) is 0 Å². The molecule has 0 bridgehead atoms. The average molecular weight is 259 g/mol. The van der Waals surface area contributed by atoms with Gasteiger partial charge in [-0.1, -0.05) is 39.7 Å². The average Bonchev–Trinajstić information content (AvgIpc) is 2.13. The summed E-state index contributed by atoms with van der Waals surface area (Å²) in [6, 6.07) is 7.89. The van der Waals surface area contributed by atoms with E-state index in [-0.39, 0.29) is 4.83 Å². The molecule has 0 spiro atoms. The Balaban J connectivity index is 2.90. The molecular formula is C10H9BrClN. The summed E-state index contributed by atoms with van der Waals surface area (Å²) in [6.07, 6.45) is 0.697. The standard InChI is InChI=1S/C10H9BrClN/c1-7-8(5-9(11)6-13)3-2-4-10(7)12/h2-4,9H,5H2,1H3. The molecule has 3 heteroatoms. The van der Waals surface area contributed by atoms with E-state index in [0.29, 0.717) is 6.42 Å². The molecule has 0 aliphatic carbocycles. The number of benzene rings is 1. The van der Waals surface area contributed by atoms with Gasteiger partial charge in [-0.15, -0.1) is 0 Å². The van der Waals surface area contributed by atoms with E-state index in [1.54, 1.807) is 0 Å². The van der Waals surface area contributed by atoms with Crippen molar-refractivity contribution in [3.05, 3.63) is 34.3 Å². The van der Waals surface area contributed by atoms with Crippen LogP contribution >= 0.6 is 27.5 Å². The Morgan fingerprint density at radius 3 is 2.92 bits per heavy atom. The lowest BCUT2D eigenvalue weighted by Gasteiger charge is -2.06. The van der Waals surface area contributed by atoms with E-state index in [1.807, 2.05) is 25.1 Å². The van der Waals surface area contributed by atoms with Crippen LogP contribution in [0, 0.1) is 18.3 Å². The molecule has 1 nitrogen and oxygen atoms in total. The summed E-state index contributed by atoms with van der Waals surface area (Å²) < 4.78 is 0. The molecule has 1 atom stereocenters. The molecule has 68 valence electrons. The number of nitriles is 1. The first-order valence-corrected chi connectivity index (χ1v) is 5.22. The highest BCUT2D eigenvalue weighted by molar-refractivity contribution is 9.09. The smallest absolute Gasteiger partial charge is 0.105 e. The first kappa shape index (κ1) is 10.6. The number of alkyl halides is 1. The largest absolute Gasteiger partial charge is 0.197 e. The van der Waals surface area contributed by atoms with Gasteiger partial charge >= 0.3 is 0 Å². The second kappa shape index (κ2) is 4.64. The summed E-state index contributed by atoms with van der Waals surface area (Å²) in [5.74, 6) is 0. The molecule has 1 aromatic carbocycles. The first-order chi connectivity index (χ1) is 6.15. The fraction of sp³-hybridized carbons (Fsp3) is 0.300. The van der Waals surface area contributed by atoms with Crippen LogP contribution < -0.4 is 0 Å². The van der Waals surface area contributed by atoms with Crippen molar-refractivity contribution >= 4 is 27.5 Å². The van der Waals surface area contributed by atoms with E-state index < -0.39 is 0 Å². The normalized spacial score (nSPS) is 12.2. The highest BCUT2D eigenvalue weighted by Gasteiger charge is 2.07. The number of hydrogen-bond acceptors (Lipinski definition) is 1. The highest BCUT2D eigenvalue weighted by Crippen LogP contribution is 2.21. The van der Waals surface area contributed by atoms with Gasteiger partial charge in [-0.3, -0.25) is 0 Å². The number of rotatable bonds is 2. The van der Waals surface area contributed by atoms with Gasteiger partial charge in [-0.05, 0) is 30.5 Å². The van der Waals surface area contributed by atoms with Gasteiger partial charge in [0, 0.05) is 5.02 Å². The van der Waals surface area contributed by atoms with Crippen LogP contribution in [0.1, 0.15) is 11.1 Å². The first-order valence-electron chi connectivity index (χ1n) is 3.93. The zero-order valence-corrected chi connectivity index (χ0v) is 9.56. The maximum absolute atomic E-state index is 8.63. The van der Waals surface area contributed by atoms with Crippen molar-refractivity contribution < 1.29 is 0 Å². The molecule has 1 aromatic rings. The topological polar surface area (TPSA) is 23.8 Å². The van der Waals surface area contributed by atoms with Crippen molar-refractivity contribution in [3.8, 4) is 6.07 Å². The van der Waals surface area contributed by atoms with Crippen molar-refractivity contribution in [2.75, 3.05) is 0 Å². The second-order valence-electron chi connectivity index (χ2n) is 2.82. The predicted molar refractivity (Wildman–Crippen MR) is 58.2 cm³/mol. The van der Waals surface area contributed by atoms with E-state index in [2.05, 4.69) is 22.0 Å². The lowest BCUT2D eigenvalue weighted by molar-refractivity contribution is 1.03. The van der Waals surface area contributed by atoms with Gasteiger partial charge in [0.05, 0.1) is 6.07 Å². The van der Waals surface area contributed by atoms with Crippen LogP contribution in [0.2, 0.25) is 5.02 Å². The third-order valence-electron chi connectivity index (χ3n) is 1.92. The SMILES string of the molecule is Cc1c(Cl)cccc1CC(Br)C#N. The molecule has 0 aromatic heterocycles. The van der Waals surface area contributed by atoms with E-state index in [4.69, 9.17) is 16.9 Å². The molecule has 1 unspecified atom stereocenters. The molecule has 0 heterocycles. The van der Waals surface area contributed by atoms with Gasteiger partial charge in [0.2, 0.25) is 0 Å². The summed E-state index contributed by atoms with van der Waals surface area (Å²) in [4.78, 5) is -0.135. The van der Waals surface area contributed by atoms with Crippen molar-refractivity contribution in [2.45, 2.75) is 18.2 Å². The Bertz CT molecular complexity index is 343. The lowest BCUT2D eigenvalue weighted by atomic mass is 10.0. The Kier molecular flexibility index (Phi) is 3.77. The predicted octanol–water partition coefficient (Wildman–Crippen LogP) is 3.48.